The highest BCUT2D eigenvalue weighted by Gasteiger charge is 2.46. The van der Waals surface area contributed by atoms with Crippen molar-refractivity contribution in [3.05, 3.63) is 71.3 Å². The maximum atomic E-state index is 13.1. The number of carbonyl (C=O) groups excluding carboxylic acids is 3. The van der Waals surface area contributed by atoms with Gasteiger partial charge in [-0.1, -0.05) is 30.3 Å². The van der Waals surface area contributed by atoms with Crippen molar-refractivity contribution in [2.24, 2.45) is 0 Å². The van der Waals surface area contributed by atoms with E-state index in [4.69, 9.17) is 10.00 Å². The molecule has 2 saturated heterocycles. The Balaban J connectivity index is 1.39. The summed E-state index contributed by atoms with van der Waals surface area (Å²) in [6.45, 7) is 2.86. The van der Waals surface area contributed by atoms with Crippen molar-refractivity contribution in [3.8, 4) is 6.07 Å². The Kier molecular flexibility index (Phi) is 6.19. The smallest absolute Gasteiger partial charge is 0.253 e. The van der Waals surface area contributed by atoms with E-state index in [9.17, 15) is 14.4 Å². The first-order chi connectivity index (χ1) is 15.5. The summed E-state index contributed by atoms with van der Waals surface area (Å²) in [5.74, 6) is -0.709. The first-order valence-corrected chi connectivity index (χ1v) is 10.5. The largest absolute Gasteiger partial charge is 0.371 e. The SMILES string of the molecule is C[C@H](OCc1ccccc1)[C@@H]1NC(=O)[C@H]2CN(C(=O)c3ccc(C#N)cc3)CCN2C1=O. The Labute approximate surface area is 186 Å². The Bertz CT molecular complexity index is 1050. The van der Waals surface area contributed by atoms with Crippen LogP contribution in [-0.2, 0) is 20.9 Å². The lowest BCUT2D eigenvalue weighted by Crippen LogP contribution is -2.71. The van der Waals surface area contributed by atoms with Crippen LogP contribution in [0.5, 0.6) is 0 Å². The molecule has 2 fully saturated rings. The topological polar surface area (TPSA) is 103 Å². The van der Waals surface area contributed by atoms with Crippen LogP contribution >= 0.6 is 0 Å². The number of nitriles is 1. The van der Waals surface area contributed by atoms with Crippen LogP contribution in [-0.4, -0.2) is 65.3 Å². The van der Waals surface area contributed by atoms with Gasteiger partial charge in [-0.05, 0) is 36.8 Å². The lowest BCUT2D eigenvalue weighted by molar-refractivity contribution is -0.156. The minimum absolute atomic E-state index is 0.127. The quantitative estimate of drug-likeness (QED) is 0.768. The van der Waals surface area contributed by atoms with Crippen molar-refractivity contribution in [2.75, 3.05) is 19.6 Å². The number of nitrogens with zero attached hydrogens (tertiary/aromatic N) is 3. The van der Waals surface area contributed by atoms with E-state index in [1.807, 2.05) is 36.4 Å². The lowest BCUT2D eigenvalue weighted by Gasteiger charge is -2.46. The van der Waals surface area contributed by atoms with E-state index in [1.54, 1.807) is 41.0 Å². The van der Waals surface area contributed by atoms with Gasteiger partial charge in [0.25, 0.3) is 5.91 Å². The lowest BCUT2D eigenvalue weighted by atomic mass is 10.0. The fourth-order valence-corrected chi connectivity index (χ4v) is 4.03. The summed E-state index contributed by atoms with van der Waals surface area (Å²) in [6.07, 6.45) is -0.495. The number of rotatable bonds is 5. The fourth-order valence-electron chi connectivity index (χ4n) is 4.03. The molecule has 0 spiro atoms. The standard InChI is InChI=1S/C24H24N4O4/c1-16(32-15-18-5-3-2-4-6-18)21-24(31)28-12-11-27(14-20(28)22(29)26-21)23(30)19-9-7-17(13-25)8-10-19/h2-10,16,20-21H,11-12,14-15H2,1H3,(H,26,29)/t16-,20+,21-/m0/s1. The summed E-state index contributed by atoms with van der Waals surface area (Å²) in [6, 6.07) is 16.5. The maximum absolute atomic E-state index is 13.1. The van der Waals surface area contributed by atoms with E-state index < -0.39 is 18.2 Å². The number of hydrogen-bond donors (Lipinski definition) is 1. The number of piperazine rings is 2. The molecule has 0 aromatic heterocycles. The molecule has 2 aliphatic heterocycles. The number of carbonyl (C=O) groups is 3. The fraction of sp³-hybridized carbons (Fsp3) is 0.333. The zero-order valence-corrected chi connectivity index (χ0v) is 17.7. The molecule has 3 amide bonds. The predicted molar refractivity (Wildman–Crippen MR) is 115 cm³/mol. The van der Waals surface area contributed by atoms with Crippen molar-refractivity contribution in [1.29, 1.82) is 5.26 Å². The van der Waals surface area contributed by atoms with Crippen LogP contribution in [0.3, 0.4) is 0 Å². The van der Waals surface area contributed by atoms with Crippen LogP contribution in [0.1, 0.15) is 28.4 Å². The molecular weight excluding hydrogens is 408 g/mol. The van der Waals surface area contributed by atoms with Gasteiger partial charge in [-0.15, -0.1) is 0 Å². The average Bonchev–Trinajstić information content (AvgIpc) is 2.84. The molecule has 32 heavy (non-hydrogen) atoms. The van der Waals surface area contributed by atoms with Crippen molar-refractivity contribution < 1.29 is 19.1 Å². The van der Waals surface area contributed by atoms with Crippen LogP contribution in [0.4, 0.5) is 0 Å². The molecule has 2 aromatic rings. The Morgan fingerprint density at radius 3 is 2.56 bits per heavy atom. The molecule has 0 saturated carbocycles. The average molecular weight is 432 g/mol. The number of fused-ring (bicyclic) bond motifs is 1. The van der Waals surface area contributed by atoms with Gasteiger partial charge in [0.05, 0.1) is 30.9 Å². The van der Waals surface area contributed by atoms with E-state index in [0.29, 0.717) is 24.3 Å². The third-order valence-electron chi connectivity index (χ3n) is 5.90. The van der Waals surface area contributed by atoms with Crippen molar-refractivity contribution in [1.82, 2.24) is 15.1 Å². The van der Waals surface area contributed by atoms with E-state index in [1.165, 1.54) is 0 Å². The second-order valence-electron chi connectivity index (χ2n) is 7.98. The molecule has 0 aliphatic carbocycles. The van der Waals surface area contributed by atoms with Crippen molar-refractivity contribution in [3.63, 3.8) is 0 Å². The van der Waals surface area contributed by atoms with Gasteiger partial charge in [0.1, 0.15) is 12.1 Å². The highest BCUT2D eigenvalue weighted by Crippen LogP contribution is 2.21. The van der Waals surface area contributed by atoms with Gasteiger partial charge >= 0.3 is 0 Å². The Morgan fingerprint density at radius 2 is 1.88 bits per heavy atom. The molecule has 0 unspecified atom stereocenters. The van der Waals surface area contributed by atoms with Crippen LogP contribution in [0.2, 0.25) is 0 Å². The zero-order valence-electron chi connectivity index (χ0n) is 17.7. The number of nitrogens with one attached hydrogen (secondary N) is 1. The first-order valence-electron chi connectivity index (χ1n) is 10.5. The monoisotopic (exact) mass is 432 g/mol. The normalized spacial score (nSPS) is 21.4. The molecule has 1 N–H and O–H groups in total. The second kappa shape index (κ2) is 9.20. The molecular formula is C24H24N4O4. The Morgan fingerprint density at radius 1 is 1.16 bits per heavy atom. The van der Waals surface area contributed by atoms with E-state index in [-0.39, 0.29) is 30.8 Å². The van der Waals surface area contributed by atoms with Gasteiger partial charge in [-0.2, -0.15) is 5.26 Å². The molecule has 2 aromatic carbocycles. The van der Waals surface area contributed by atoms with Gasteiger partial charge in [0.2, 0.25) is 11.8 Å². The van der Waals surface area contributed by atoms with Crippen LogP contribution in [0, 0.1) is 11.3 Å². The summed E-state index contributed by atoms with van der Waals surface area (Å²) < 4.78 is 5.85. The van der Waals surface area contributed by atoms with Gasteiger partial charge < -0.3 is 19.9 Å². The van der Waals surface area contributed by atoms with Gasteiger partial charge in [-0.25, -0.2) is 0 Å². The minimum Gasteiger partial charge on any atom is -0.371 e. The third-order valence-corrected chi connectivity index (χ3v) is 5.90. The molecule has 2 aliphatic rings. The van der Waals surface area contributed by atoms with Gasteiger partial charge in [0.15, 0.2) is 0 Å². The number of ether oxygens (including phenoxy) is 1. The predicted octanol–water partition coefficient (Wildman–Crippen LogP) is 1.31. The molecule has 164 valence electrons. The highest BCUT2D eigenvalue weighted by atomic mass is 16.5. The summed E-state index contributed by atoms with van der Waals surface area (Å²) in [4.78, 5) is 41.9. The molecule has 2 heterocycles. The number of amides is 3. The van der Waals surface area contributed by atoms with E-state index >= 15 is 0 Å². The Hall–Kier alpha value is -3.70. The molecule has 8 nitrogen and oxygen atoms in total. The van der Waals surface area contributed by atoms with E-state index in [0.717, 1.165) is 5.56 Å². The van der Waals surface area contributed by atoms with Crippen molar-refractivity contribution in [2.45, 2.75) is 31.7 Å². The van der Waals surface area contributed by atoms with Gasteiger partial charge in [-0.3, -0.25) is 14.4 Å². The summed E-state index contributed by atoms with van der Waals surface area (Å²) in [7, 11) is 0. The maximum Gasteiger partial charge on any atom is 0.253 e. The summed E-state index contributed by atoms with van der Waals surface area (Å²) in [5, 5.41) is 11.7. The highest BCUT2D eigenvalue weighted by molar-refractivity contribution is 5.99. The summed E-state index contributed by atoms with van der Waals surface area (Å²) in [5.41, 5.74) is 1.90. The van der Waals surface area contributed by atoms with Crippen LogP contribution < -0.4 is 5.32 Å². The van der Waals surface area contributed by atoms with E-state index in [2.05, 4.69) is 5.32 Å². The zero-order chi connectivity index (χ0) is 22.7. The number of benzene rings is 2. The van der Waals surface area contributed by atoms with Crippen LogP contribution in [0.25, 0.3) is 0 Å². The summed E-state index contributed by atoms with van der Waals surface area (Å²) >= 11 is 0. The third kappa shape index (κ3) is 4.34. The minimum atomic E-state index is -0.761. The second-order valence-corrected chi connectivity index (χ2v) is 7.98. The van der Waals surface area contributed by atoms with Crippen LogP contribution in [0.15, 0.2) is 54.6 Å². The molecule has 0 radical (unpaired) electrons. The molecule has 4 rings (SSSR count). The molecule has 3 atom stereocenters. The number of hydrogen-bond acceptors (Lipinski definition) is 5. The molecule has 0 bridgehead atoms. The van der Waals surface area contributed by atoms with Gasteiger partial charge in [0, 0.05) is 18.7 Å². The van der Waals surface area contributed by atoms with Crippen molar-refractivity contribution >= 4 is 17.7 Å². The first kappa shape index (κ1) is 21.5. The molecule has 8 heteroatoms.